The number of primary amides is 1. The predicted molar refractivity (Wildman–Crippen MR) is 74.8 cm³/mol. The van der Waals surface area contributed by atoms with E-state index in [0.29, 0.717) is 5.75 Å². The van der Waals surface area contributed by atoms with E-state index < -0.39 is 24.0 Å². The molecule has 7 nitrogen and oxygen atoms in total. The number of urea groups is 1. The second kappa shape index (κ2) is 7.28. The summed E-state index contributed by atoms with van der Waals surface area (Å²) in [4.78, 5) is 34.5. The molecule has 0 spiro atoms. The van der Waals surface area contributed by atoms with Gasteiger partial charge in [0.25, 0.3) is 5.91 Å². The molecule has 7 heteroatoms. The summed E-state index contributed by atoms with van der Waals surface area (Å²) in [7, 11) is 1.47. The average Bonchev–Trinajstić information content (AvgIpc) is 2.43. The molecule has 1 aromatic rings. The van der Waals surface area contributed by atoms with Crippen LogP contribution < -0.4 is 15.8 Å². The smallest absolute Gasteiger partial charge is 0.339 e. The monoisotopic (exact) mass is 294 g/mol. The molecule has 3 N–H and O–H groups in total. The molecule has 1 unspecified atom stereocenters. The van der Waals surface area contributed by atoms with E-state index in [2.05, 4.69) is 0 Å². The molecule has 0 aromatic heterocycles. The Morgan fingerprint density at radius 2 is 1.90 bits per heavy atom. The first-order valence-corrected chi connectivity index (χ1v) is 6.30. The molecular weight excluding hydrogens is 276 g/mol. The van der Waals surface area contributed by atoms with Gasteiger partial charge < -0.3 is 15.2 Å². The fraction of sp³-hybridized carbons (Fsp3) is 0.357. The van der Waals surface area contributed by atoms with Gasteiger partial charge in [0.2, 0.25) is 0 Å². The first-order chi connectivity index (χ1) is 9.85. The van der Waals surface area contributed by atoms with Gasteiger partial charge in [-0.3, -0.25) is 10.1 Å². The van der Waals surface area contributed by atoms with Crippen LogP contribution in [0.3, 0.4) is 0 Å². The maximum atomic E-state index is 12.0. The fourth-order valence-electron chi connectivity index (χ4n) is 1.62. The first-order valence-electron chi connectivity index (χ1n) is 6.30. The lowest BCUT2D eigenvalue weighted by atomic mass is 10.1. The van der Waals surface area contributed by atoms with Gasteiger partial charge in [-0.05, 0) is 24.1 Å². The normalized spacial score (nSPS) is 11.6. The summed E-state index contributed by atoms with van der Waals surface area (Å²) in [5.74, 6) is -1.27. The van der Waals surface area contributed by atoms with Gasteiger partial charge >= 0.3 is 12.0 Å². The van der Waals surface area contributed by atoms with Crippen LogP contribution in [-0.2, 0) is 9.53 Å². The van der Waals surface area contributed by atoms with Crippen molar-refractivity contribution in [3.63, 3.8) is 0 Å². The molecule has 1 aromatic carbocycles. The highest BCUT2D eigenvalue weighted by atomic mass is 16.5. The van der Waals surface area contributed by atoms with Crippen molar-refractivity contribution in [1.82, 2.24) is 5.32 Å². The molecule has 0 aliphatic rings. The SMILES string of the molecule is COc1cccc(C(=O)OC(C(=O)NC(N)=O)C(C)C)c1. The number of imide groups is 1. The van der Waals surface area contributed by atoms with Crippen molar-refractivity contribution in [1.29, 1.82) is 0 Å². The van der Waals surface area contributed by atoms with Crippen LogP contribution >= 0.6 is 0 Å². The average molecular weight is 294 g/mol. The van der Waals surface area contributed by atoms with Crippen LogP contribution in [0.15, 0.2) is 24.3 Å². The summed E-state index contributed by atoms with van der Waals surface area (Å²) in [5, 5.41) is 1.90. The van der Waals surface area contributed by atoms with Crippen molar-refractivity contribution in [3.8, 4) is 5.75 Å². The third-order valence-corrected chi connectivity index (χ3v) is 2.65. The molecular formula is C14H18N2O5. The van der Waals surface area contributed by atoms with Crippen molar-refractivity contribution in [2.24, 2.45) is 11.7 Å². The van der Waals surface area contributed by atoms with Crippen LogP contribution in [-0.4, -0.2) is 31.1 Å². The van der Waals surface area contributed by atoms with E-state index in [1.165, 1.54) is 19.2 Å². The Kier molecular flexibility index (Phi) is 5.71. The Labute approximate surface area is 122 Å². The Balaban J connectivity index is 2.85. The lowest BCUT2D eigenvalue weighted by Crippen LogP contribution is -2.45. The van der Waals surface area contributed by atoms with Crippen LogP contribution in [0.25, 0.3) is 0 Å². The molecule has 0 saturated heterocycles. The number of rotatable bonds is 5. The van der Waals surface area contributed by atoms with Gasteiger partial charge in [-0.1, -0.05) is 19.9 Å². The van der Waals surface area contributed by atoms with E-state index in [-0.39, 0.29) is 11.5 Å². The number of benzene rings is 1. The third-order valence-electron chi connectivity index (χ3n) is 2.65. The van der Waals surface area contributed by atoms with E-state index in [1.54, 1.807) is 26.0 Å². The van der Waals surface area contributed by atoms with Gasteiger partial charge in [-0.15, -0.1) is 0 Å². The summed E-state index contributed by atoms with van der Waals surface area (Å²) in [6, 6.07) is 5.34. The minimum absolute atomic E-state index is 0.242. The number of esters is 1. The molecule has 0 fully saturated rings. The Hall–Kier alpha value is -2.57. The minimum Gasteiger partial charge on any atom is -0.497 e. The molecule has 21 heavy (non-hydrogen) atoms. The fourth-order valence-corrected chi connectivity index (χ4v) is 1.62. The minimum atomic E-state index is -1.11. The Morgan fingerprint density at radius 3 is 2.43 bits per heavy atom. The number of nitrogens with one attached hydrogen (secondary N) is 1. The Bertz CT molecular complexity index is 542. The zero-order chi connectivity index (χ0) is 16.0. The van der Waals surface area contributed by atoms with E-state index in [9.17, 15) is 14.4 Å². The van der Waals surface area contributed by atoms with E-state index in [0.717, 1.165) is 0 Å². The standard InChI is InChI=1S/C14H18N2O5/c1-8(2)11(12(17)16-14(15)19)21-13(18)9-5-4-6-10(7-9)20-3/h4-8,11H,1-3H3,(H3,15,16,17,19). The summed E-state index contributed by atoms with van der Waals surface area (Å²) in [6.45, 7) is 3.37. The highest BCUT2D eigenvalue weighted by molar-refractivity contribution is 5.98. The van der Waals surface area contributed by atoms with Crippen LogP contribution in [0, 0.1) is 5.92 Å². The molecule has 0 bridgehead atoms. The third kappa shape index (κ3) is 4.79. The molecule has 0 heterocycles. The van der Waals surface area contributed by atoms with Crippen LogP contribution in [0.5, 0.6) is 5.75 Å². The lowest BCUT2D eigenvalue weighted by molar-refractivity contribution is -0.130. The number of hydrogen-bond donors (Lipinski definition) is 2. The van der Waals surface area contributed by atoms with E-state index in [1.807, 2.05) is 5.32 Å². The van der Waals surface area contributed by atoms with Gasteiger partial charge in [0.15, 0.2) is 6.10 Å². The zero-order valence-corrected chi connectivity index (χ0v) is 12.1. The summed E-state index contributed by atoms with van der Waals surface area (Å²) in [5.41, 5.74) is 5.13. The summed E-state index contributed by atoms with van der Waals surface area (Å²) < 4.78 is 10.2. The van der Waals surface area contributed by atoms with Crippen molar-refractivity contribution >= 4 is 17.9 Å². The number of hydrogen-bond acceptors (Lipinski definition) is 5. The number of amides is 3. The maximum absolute atomic E-state index is 12.0. The molecule has 0 saturated carbocycles. The van der Waals surface area contributed by atoms with Gasteiger partial charge in [0, 0.05) is 0 Å². The quantitative estimate of drug-likeness (QED) is 0.790. The number of nitrogens with two attached hydrogens (primary N) is 1. The molecule has 1 rings (SSSR count). The second-order valence-corrected chi connectivity index (χ2v) is 4.66. The molecule has 0 aliphatic carbocycles. The second-order valence-electron chi connectivity index (χ2n) is 4.66. The van der Waals surface area contributed by atoms with Crippen LogP contribution in [0.2, 0.25) is 0 Å². The van der Waals surface area contributed by atoms with Crippen molar-refractivity contribution in [2.75, 3.05) is 7.11 Å². The van der Waals surface area contributed by atoms with Gasteiger partial charge in [0.05, 0.1) is 12.7 Å². The number of ether oxygens (including phenoxy) is 2. The molecule has 3 amide bonds. The zero-order valence-electron chi connectivity index (χ0n) is 12.1. The molecule has 0 aliphatic heterocycles. The predicted octanol–water partition coefficient (Wildman–Crippen LogP) is 1.07. The highest BCUT2D eigenvalue weighted by Gasteiger charge is 2.27. The van der Waals surface area contributed by atoms with Gasteiger partial charge in [-0.25, -0.2) is 9.59 Å². The summed E-state index contributed by atoms with van der Waals surface area (Å²) in [6.07, 6.45) is -1.11. The number of methoxy groups -OCH3 is 1. The lowest BCUT2D eigenvalue weighted by Gasteiger charge is -2.19. The molecule has 0 radical (unpaired) electrons. The maximum Gasteiger partial charge on any atom is 0.339 e. The van der Waals surface area contributed by atoms with Gasteiger partial charge in [0.1, 0.15) is 5.75 Å². The van der Waals surface area contributed by atoms with E-state index in [4.69, 9.17) is 15.2 Å². The van der Waals surface area contributed by atoms with E-state index >= 15 is 0 Å². The van der Waals surface area contributed by atoms with Crippen molar-refractivity contribution < 1.29 is 23.9 Å². The van der Waals surface area contributed by atoms with Crippen molar-refractivity contribution in [2.45, 2.75) is 20.0 Å². The van der Waals surface area contributed by atoms with Crippen LogP contribution in [0.4, 0.5) is 4.79 Å². The highest BCUT2D eigenvalue weighted by Crippen LogP contribution is 2.16. The first kappa shape index (κ1) is 16.5. The largest absolute Gasteiger partial charge is 0.497 e. The molecule has 114 valence electrons. The van der Waals surface area contributed by atoms with Crippen LogP contribution in [0.1, 0.15) is 24.2 Å². The summed E-state index contributed by atoms with van der Waals surface area (Å²) >= 11 is 0. The Morgan fingerprint density at radius 1 is 1.24 bits per heavy atom. The number of carbonyl (C=O) groups excluding carboxylic acids is 3. The molecule has 1 atom stereocenters. The van der Waals surface area contributed by atoms with Crippen molar-refractivity contribution in [3.05, 3.63) is 29.8 Å². The number of carbonyl (C=O) groups is 3. The topological polar surface area (TPSA) is 108 Å². The van der Waals surface area contributed by atoms with Gasteiger partial charge in [-0.2, -0.15) is 0 Å².